The molecule has 0 aliphatic carbocycles. The third kappa shape index (κ3) is 2.22. The van der Waals surface area contributed by atoms with Crippen LogP contribution in [0.3, 0.4) is 0 Å². The molecule has 1 amide bonds. The van der Waals surface area contributed by atoms with E-state index in [1.54, 1.807) is 6.92 Å². The monoisotopic (exact) mass is 140 g/mol. The second-order valence-electron chi connectivity index (χ2n) is 1.80. The molecule has 0 spiro atoms. The fraction of sp³-hybridized carbons (Fsp3) is 0.600. The van der Waals surface area contributed by atoms with Crippen molar-refractivity contribution in [2.75, 3.05) is 0 Å². The molecule has 0 fully saturated rings. The van der Waals surface area contributed by atoms with Crippen molar-refractivity contribution in [1.29, 1.82) is 10.8 Å². The minimum Gasteiger partial charge on any atom is -0.277 e. The number of amides is 1. The zero-order valence-corrected chi connectivity index (χ0v) is 5.61. The van der Waals surface area contributed by atoms with Crippen LogP contribution >= 0.6 is 0 Å². The molecule has 0 heterocycles. The number of carbonyl (C=O) groups excluding carboxylic acids is 1. The van der Waals surface area contributed by atoms with Gasteiger partial charge in [0.15, 0.2) is 0 Å². The summed E-state index contributed by atoms with van der Waals surface area (Å²) in [4.78, 5) is 10.1. The van der Waals surface area contributed by atoms with Crippen LogP contribution in [0.25, 0.3) is 0 Å². The first-order valence-electron chi connectivity index (χ1n) is 2.74. The Morgan fingerprint density at radius 3 is 2.90 bits per heavy atom. The van der Waals surface area contributed by atoms with Gasteiger partial charge in [-0.3, -0.25) is 4.79 Å². The molecule has 1 N–H and O–H groups in total. The molecule has 0 saturated heterocycles. The van der Waals surface area contributed by atoms with Crippen LogP contribution in [-0.4, -0.2) is 17.5 Å². The van der Waals surface area contributed by atoms with Gasteiger partial charge in [-0.1, -0.05) is 5.22 Å². The lowest BCUT2D eigenvalue weighted by Gasteiger charge is -2.13. The Morgan fingerprint density at radius 1 is 2.00 bits per heavy atom. The number of hydrogen-bond acceptors (Lipinski definition) is 4. The smallest absolute Gasteiger partial charge is 0.231 e. The van der Waals surface area contributed by atoms with E-state index in [1.807, 2.05) is 6.07 Å². The second kappa shape index (κ2) is 4.44. The normalized spacial score (nSPS) is 11.2. The van der Waals surface area contributed by atoms with Crippen LogP contribution in [0.5, 0.6) is 0 Å². The molecule has 0 rings (SSSR count). The molecule has 5 nitrogen and oxygen atoms in total. The maximum Gasteiger partial charge on any atom is 0.231 e. The van der Waals surface area contributed by atoms with Crippen molar-refractivity contribution in [2.45, 2.75) is 19.4 Å². The van der Waals surface area contributed by atoms with Gasteiger partial charge in [-0.25, -0.2) is 5.01 Å². The summed E-state index contributed by atoms with van der Waals surface area (Å²) in [7, 11) is 0. The number of nitrogens with zero attached hydrogens (tertiary/aromatic N) is 3. The number of carbonyl (C=O) groups is 1. The summed E-state index contributed by atoms with van der Waals surface area (Å²) in [5.74, 6) is 0. The highest BCUT2D eigenvalue weighted by atomic mass is 16.1. The molecule has 0 radical (unpaired) electrons. The van der Waals surface area contributed by atoms with Gasteiger partial charge in [0, 0.05) is 0 Å². The number of hydrogen-bond donors (Lipinski definition) is 1. The zero-order chi connectivity index (χ0) is 7.98. The van der Waals surface area contributed by atoms with E-state index in [2.05, 4.69) is 5.22 Å². The standard InChI is InChI=1S/C5H8N4O/c1-5(2-3-6)9(4-10)8-7/h4-5,7H,2H2,1H3. The lowest BCUT2D eigenvalue weighted by Crippen LogP contribution is -2.25. The predicted molar refractivity (Wildman–Crippen MR) is 32.7 cm³/mol. The molecular formula is C5H8N4O. The summed E-state index contributed by atoms with van der Waals surface area (Å²) in [6.45, 7) is 1.65. The lowest BCUT2D eigenvalue weighted by molar-refractivity contribution is -0.120. The van der Waals surface area contributed by atoms with Crippen molar-refractivity contribution in [3.63, 3.8) is 0 Å². The summed E-state index contributed by atoms with van der Waals surface area (Å²) in [6, 6.07) is 1.57. The third-order valence-electron chi connectivity index (χ3n) is 1.06. The minimum absolute atomic E-state index is 0.196. The predicted octanol–water partition coefficient (Wildman–Crippen LogP) is 0.693. The van der Waals surface area contributed by atoms with Gasteiger partial charge in [0.1, 0.15) is 0 Å². The van der Waals surface area contributed by atoms with Crippen molar-refractivity contribution >= 4 is 6.41 Å². The van der Waals surface area contributed by atoms with Crippen molar-refractivity contribution in [3.8, 4) is 6.07 Å². The maximum atomic E-state index is 10.1. The number of nitriles is 1. The summed E-state index contributed by atoms with van der Waals surface area (Å²) >= 11 is 0. The first-order valence-corrected chi connectivity index (χ1v) is 2.74. The van der Waals surface area contributed by atoms with Crippen LogP contribution in [0.4, 0.5) is 0 Å². The zero-order valence-electron chi connectivity index (χ0n) is 5.61. The van der Waals surface area contributed by atoms with Gasteiger partial charge in [0.25, 0.3) is 0 Å². The molecule has 5 heteroatoms. The Kier molecular flexibility index (Phi) is 3.80. The van der Waals surface area contributed by atoms with Gasteiger partial charge in [0.05, 0.1) is 18.5 Å². The van der Waals surface area contributed by atoms with Gasteiger partial charge in [-0.15, -0.1) is 0 Å². The Morgan fingerprint density at radius 2 is 2.60 bits per heavy atom. The van der Waals surface area contributed by atoms with Crippen molar-refractivity contribution in [1.82, 2.24) is 5.01 Å². The molecule has 1 atom stereocenters. The molecule has 0 aromatic heterocycles. The molecule has 0 aromatic carbocycles. The van der Waals surface area contributed by atoms with Crippen LogP contribution in [-0.2, 0) is 4.79 Å². The van der Waals surface area contributed by atoms with Crippen LogP contribution in [0.2, 0.25) is 0 Å². The minimum atomic E-state index is -0.306. The summed E-state index contributed by atoms with van der Waals surface area (Å²) < 4.78 is 0. The molecule has 0 aliphatic heterocycles. The quantitative estimate of drug-likeness (QED) is 0.354. The lowest BCUT2D eigenvalue weighted by atomic mass is 10.2. The van der Waals surface area contributed by atoms with Crippen molar-refractivity contribution in [2.24, 2.45) is 5.22 Å². The number of rotatable bonds is 4. The van der Waals surface area contributed by atoms with Crippen LogP contribution in [0, 0.1) is 16.9 Å². The largest absolute Gasteiger partial charge is 0.277 e. The maximum absolute atomic E-state index is 10.1. The Labute approximate surface area is 58.7 Å². The first-order chi connectivity index (χ1) is 4.76. The van der Waals surface area contributed by atoms with E-state index in [9.17, 15) is 4.79 Å². The van der Waals surface area contributed by atoms with Crippen LogP contribution in [0.15, 0.2) is 5.22 Å². The molecule has 54 valence electrons. The molecule has 0 aromatic rings. The molecule has 0 aliphatic rings. The van der Waals surface area contributed by atoms with E-state index >= 15 is 0 Å². The van der Waals surface area contributed by atoms with E-state index in [0.717, 1.165) is 5.01 Å². The Hall–Kier alpha value is -1.44. The summed E-state index contributed by atoms with van der Waals surface area (Å²) in [5.41, 5.74) is 6.48. The molecular weight excluding hydrogens is 132 g/mol. The molecule has 1 unspecified atom stereocenters. The van der Waals surface area contributed by atoms with Gasteiger partial charge in [0.2, 0.25) is 6.41 Å². The van der Waals surface area contributed by atoms with Gasteiger partial charge in [-0.05, 0) is 6.92 Å². The highest BCUT2D eigenvalue weighted by molar-refractivity contribution is 5.46. The SMILES string of the molecule is CC(CC#N)N(C=O)N=N. The third-order valence-corrected chi connectivity index (χ3v) is 1.06. The van der Waals surface area contributed by atoms with E-state index in [1.165, 1.54) is 0 Å². The summed E-state index contributed by atoms with van der Waals surface area (Å²) in [6.07, 6.45) is 0.621. The van der Waals surface area contributed by atoms with E-state index in [-0.39, 0.29) is 12.5 Å². The highest BCUT2D eigenvalue weighted by Gasteiger charge is 2.08. The van der Waals surface area contributed by atoms with E-state index in [4.69, 9.17) is 10.8 Å². The van der Waals surface area contributed by atoms with Crippen molar-refractivity contribution < 1.29 is 4.79 Å². The molecule has 0 saturated carbocycles. The van der Waals surface area contributed by atoms with Gasteiger partial charge in [-0.2, -0.15) is 10.8 Å². The Balaban J connectivity index is 3.90. The molecule has 10 heavy (non-hydrogen) atoms. The number of nitrogens with one attached hydrogen (secondary N) is 1. The fourth-order valence-corrected chi connectivity index (χ4v) is 0.452. The topological polar surface area (TPSA) is 80.3 Å². The first kappa shape index (κ1) is 8.56. The second-order valence-corrected chi connectivity index (χ2v) is 1.80. The molecule has 0 bridgehead atoms. The van der Waals surface area contributed by atoms with E-state index in [0.29, 0.717) is 6.41 Å². The average molecular weight is 140 g/mol. The highest BCUT2D eigenvalue weighted by Crippen LogP contribution is 1.99. The summed E-state index contributed by atoms with van der Waals surface area (Å²) in [5, 5.41) is 12.0. The Bertz CT molecular complexity index is 154. The van der Waals surface area contributed by atoms with Gasteiger partial charge < -0.3 is 0 Å². The van der Waals surface area contributed by atoms with E-state index < -0.39 is 0 Å². The van der Waals surface area contributed by atoms with Crippen molar-refractivity contribution in [3.05, 3.63) is 0 Å². The van der Waals surface area contributed by atoms with Crippen LogP contribution in [0.1, 0.15) is 13.3 Å². The van der Waals surface area contributed by atoms with Gasteiger partial charge >= 0.3 is 0 Å². The van der Waals surface area contributed by atoms with Crippen LogP contribution < -0.4 is 0 Å². The average Bonchev–Trinajstić information content (AvgIpc) is 1.91. The fourth-order valence-electron chi connectivity index (χ4n) is 0.452.